The number of piperidine rings is 1. The molecule has 126 valence electrons. The zero-order valence-corrected chi connectivity index (χ0v) is 13.8. The first kappa shape index (κ1) is 16.6. The van der Waals surface area contributed by atoms with Crippen molar-refractivity contribution in [1.82, 2.24) is 4.31 Å². The minimum Gasteiger partial charge on any atom is -0.274 e. The van der Waals surface area contributed by atoms with Gasteiger partial charge in [-0.15, -0.1) is 0 Å². The van der Waals surface area contributed by atoms with Gasteiger partial charge in [0, 0.05) is 31.8 Å². The van der Waals surface area contributed by atoms with Crippen LogP contribution in [0.25, 0.3) is 0 Å². The fourth-order valence-corrected chi connectivity index (χ4v) is 4.48. The minimum atomic E-state index is -3.63. The van der Waals surface area contributed by atoms with Crippen LogP contribution in [-0.2, 0) is 19.6 Å². The number of imide groups is 1. The number of carbonyl (C=O) groups excluding carboxylic acids is 2. The van der Waals surface area contributed by atoms with Gasteiger partial charge in [-0.05, 0) is 37.1 Å². The molecule has 7 nitrogen and oxygen atoms in total. The summed E-state index contributed by atoms with van der Waals surface area (Å²) in [6.07, 6.45) is 1.44. The van der Waals surface area contributed by atoms with Crippen molar-refractivity contribution in [2.24, 2.45) is 5.92 Å². The van der Waals surface area contributed by atoms with Crippen LogP contribution < -0.4 is 4.90 Å². The van der Waals surface area contributed by atoms with Crippen LogP contribution in [0.3, 0.4) is 0 Å². The van der Waals surface area contributed by atoms with Gasteiger partial charge in [0.05, 0.1) is 16.7 Å². The molecule has 0 atom stereocenters. The molecule has 0 radical (unpaired) electrons. The van der Waals surface area contributed by atoms with Gasteiger partial charge in [0.2, 0.25) is 21.8 Å². The van der Waals surface area contributed by atoms with Gasteiger partial charge in [0.25, 0.3) is 0 Å². The Morgan fingerprint density at radius 3 is 2.04 bits per heavy atom. The number of carbonyl (C=O) groups is 2. The largest absolute Gasteiger partial charge is 0.274 e. The average Bonchev–Trinajstić information content (AvgIpc) is 2.93. The predicted molar refractivity (Wildman–Crippen MR) is 85.3 cm³/mol. The molecule has 2 heterocycles. The van der Waals surface area contributed by atoms with E-state index in [2.05, 4.69) is 6.07 Å². The molecule has 24 heavy (non-hydrogen) atoms. The number of rotatable bonds is 3. The van der Waals surface area contributed by atoms with Crippen LogP contribution in [0.2, 0.25) is 0 Å². The van der Waals surface area contributed by atoms with Gasteiger partial charge < -0.3 is 0 Å². The molecule has 0 aliphatic carbocycles. The lowest BCUT2D eigenvalue weighted by molar-refractivity contribution is -0.121. The normalized spacial score (nSPS) is 20.4. The Labute approximate surface area is 140 Å². The van der Waals surface area contributed by atoms with Crippen molar-refractivity contribution in [3.05, 3.63) is 24.3 Å². The Hall–Kier alpha value is -2.24. The van der Waals surface area contributed by atoms with E-state index in [1.54, 1.807) is 0 Å². The molecule has 8 heteroatoms. The van der Waals surface area contributed by atoms with Crippen molar-refractivity contribution in [3.63, 3.8) is 0 Å². The number of amides is 2. The Kier molecular flexibility index (Phi) is 4.39. The lowest BCUT2D eigenvalue weighted by atomic mass is 10.0. The fourth-order valence-electron chi connectivity index (χ4n) is 3.01. The summed E-state index contributed by atoms with van der Waals surface area (Å²) in [5, 5.41) is 8.90. The molecule has 2 fully saturated rings. The molecule has 1 aromatic rings. The van der Waals surface area contributed by atoms with E-state index >= 15 is 0 Å². The molecule has 0 bridgehead atoms. The third-order valence-corrected chi connectivity index (χ3v) is 6.33. The van der Waals surface area contributed by atoms with Crippen molar-refractivity contribution < 1.29 is 18.0 Å². The first-order valence-electron chi connectivity index (χ1n) is 7.79. The summed E-state index contributed by atoms with van der Waals surface area (Å²) < 4.78 is 26.7. The molecule has 1 aromatic carbocycles. The second-order valence-electron chi connectivity index (χ2n) is 5.92. The molecular weight excluding hydrogens is 330 g/mol. The van der Waals surface area contributed by atoms with E-state index < -0.39 is 10.0 Å². The van der Waals surface area contributed by atoms with Crippen LogP contribution >= 0.6 is 0 Å². The third-order valence-electron chi connectivity index (χ3n) is 4.42. The van der Waals surface area contributed by atoms with E-state index in [-0.39, 0.29) is 35.5 Å². The first-order valence-corrected chi connectivity index (χ1v) is 9.23. The second-order valence-corrected chi connectivity index (χ2v) is 7.86. The molecule has 0 saturated carbocycles. The monoisotopic (exact) mass is 347 g/mol. The summed E-state index contributed by atoms with van der Waals surface area (Å²) >= 11 is 0. The smallest absolute Gasteiger partial charge is 0.243 e. The number of nitrogens with zero attached hydrogens (tertiary/aromatic N) is 3. The topological polar surface area (TPSA) is 98.5 Å². The molecule has 2 saturated heterocycles. The Morgan fingerprint density at radius 2 is 1.54 bits per heavy atom. The van der Waals surface area contributed by atoms with Crippen LogP contribution in [0.5, 0.6) is 0 Å². The van der Waals surface area contributed by atoms with Crippen LogP contribution in [0.1, 0.15) is 25.7 Å². The SMILES string of the molecule is N#CC1CCN(S(=O)(=O)c2ccc(N3C(=O)CCC3=O)cc2)CC1. The Balaban J connectivity index is 1.79. The van der Waals surface area contributed by atoms with E-state index in [1.807, 2.05) is 0 Å². The van der Waals surface area contributed by atoms with Crippen molar-refractivity contribution in [2.75, 3.05) is 18.0 Å². The van der Waals surface area contributed by atoms with Crippen LogP contribution in [0.4, 0.5) is 5.69 Å². The number of nitriles is 1. The summed E-state index contributed by atoms with van der Waals surface area (Å²) in [4.78, 5) is 24.7. The summed E-state index contributed by atoms with van der Waals surface area (Å²) in [6.45, 7) is 0.650. The van der Waals surface area contributed by atoms with Gasteiger partial charge in [0.15, 0.2) is 0 Å². The predicted octanol–water partition coefficient (Wildman–Crippen LogP) is 1.26. The molecule has 2 aliphatic rings. The molecule has 0 aromatic heterocycles. The quantitative estimate of drug-likeness (QED) is 0.767. The van der Waals surface area contributed by atoms with E-state index in [0.29, 0.717) is 31.6 Å². The molecule has 2 amide bonds. The summed E-state index contributed by atoms with van der Waals surface area (Å²) in [5.41, 5.74) is 0.393. The molecular formula is C16H17N3O4S. The number of anilines is 1. The Morgan fingerprint density at radius 1 is 1.00 bits per heavy atom. The molecule has 0 unspecified atom stereocenters. The maximum atomic E-state index is 12.6. The van der Waals surface area contributed by atoms with Crippen molar-refractivity contribution >= 4 is 27.5 Å². The molecule has 3 rings (SSSR count). The highest BCUT2D eigenvalue weighted by molar-refractivity contribution is 7.89. The highest BCUT2D eigenvalue weighted by atomic mass is 32.2. The summed E-state index contributed by atoms with van der Waals surface area (Å²) in [6, 6.07) is 7.97. The van der Waals surface area contributed by atoms with Gasteiger partial charge in [-0.2, -0.15) is 9.57 Å². The lowest BCUT2D eigenvalue weighted by Crippen LogP contribution is -2.38. The average molecular weight is 347 g/mol. The van der Waals surface area contributed by atoms with Gasteiger partial charge >= 0.3 is 0 Å². The number of hydrogen-bond acceptors (Lipinski definition) is 5. The molecule has 2 aliphatic heterocycles. The van der Waals surface area contributed by atoms with Gasteiger partial charge in [-0.3, -0.25) is 14.5 Å². The maximum absolute atomic E-state index is 12.6. The van der Waals surface area contributed by atoms with Crippen LogP contribution in [0, 0.1) is 17.2 Å². The molecule has 0 spiro atoms. The van der Waals surface area contributed by atoms with Crippen molar-refractivity contribution in [3.8, 4) is 6.07 Å². The fraction of sp³-hybridized carbons (Fsp3) is 0.438. The van der Waals surface area contributed by atoms with Gasteiger partial charge in [0.1, 0.15) is 0 Å². The number of hydrogen-bond donors (Lipinski definition) is 0. The lowest BCUT2D eigenvalue weighted by Gasteiger charge is -2.28. The van der Waals surface area contributed by atoms with E-state index in [4.69, 9.17) is 5.26 Å². The van der Waals surface area contributed by atoms with Crippen molar-refractivity contribution in [2.45, 2.75) is 30.6 Å². The second kappa shape index (κ2) is 6.34. The van der Waals surface area contributed by atoms with E-state index in [1.165, 1.54) is 28.6 Å². The van der Waals surface area contributed by atoms with Crippen LogP contribution in [0.15, 0.2) is 29.2 Å². The Bertz CT molecular complexity index is 787. The minimum absolute atomic E-state index is 0.0917. The van der Waals surface area contributed by atoms with Gasteiger partial charge in [-0.1, -0.05) is 0 Å². The zero-order valence-electron chi connectivity index (χ0n) is 13.0. The first-order chi connectivity index (χ1) is 11.4. The third kappa shape index (κ3) is 2.92. The summed E-state index contributed by atoms with van der Waals surface area (Å²) in [7, 11) is -3.63. The van der Waals surface area contributed by atoms with E-state index in [9.17, 15) is 18.0 Å². The maximum Gasteiger partial charge on any atom is 0.243 e. The van der Waals surface area contributed by atoms with Crippen molar-refractivity contribution in [1.29, 1.82) is 5.26 Å². The summed E-state index contributed by atoms with van der Waals surface area (Å²) in [5.74, 6) is -0.630. The van der Waals surface area contributed by atoms with Gasteiger partial charge in [-0.25, -0.2) is 8.42 Å². The highest BCUT2D eigenvalue weighted by Crippen LogP contribution is 2.27. The molecule has 0 N–H and O–H groups in total. The zero-order chi connectivity index (χ0) is 17.3. The van der Waals surface area contributed by atoms with E-state index in [0.717, 1.165) is 4.90 Å². The highest BCUT2D eigenvalue weighted by Gasteiger charge is 2.32. The van der Waals surface area contributed by atoms with Crippen LogP contribution in [-0.4, -0.2) is 37.6 Å². The number of benzene rings is 1. The standard InChI is InChI=1S/C16H17N3O4S/c17-11-12-7-9-18(10-8-12)24(22,23)14-3-1-13(2-4-14)19-15(20)5-6-16(19)21/h1-4,12H,5-10H2. The number of sulfonamides is 1.